The summed E-state index contributed by atoms with van der Waals surface area (Å²) < 4.78 is 0. The Balaban J connectivity index is 2.82. The van der Waals surface area contributed by atoms with Gasteiger partial charge in [-0.05, 0) is 44.9 Å². The number of unbranched alkanes of at least 4 members (excludes halogenated alkanes) is 2. The van der Waals surface area contributed by atoms with E-state index in [0.29, 0.717) is 0 Å². The van der Waals surface area contributed by atoms with E-state index >= 15 is 0 Å². The molecule has 110 valence electrons. The summed E-state index contributed by atoms with van der Waals surface area (Å²) in [6, 6.07) is 0. The molecule has 0 atom stereocenters. The van der Waals surface area contributed by atoms with Crippen LogP contribution in [0.25, 0.3) is 0 Å². The van der Waals surface area contributed by atoms with Gasteiger partial charge in [0.15, 0.2) is 0 Å². The molecule has 1 aliphatic rings. The molecule has 0 saturated carbocycles. The largest absolute Gasteiger partial charge is 0.352 e. The van der Waals surface area contributed by atoms with Crippen LogP contribution in [0.3, 0.4) is 0 Å². The van der Waals surface area contributed by atoms with Crippen LogP contribution >= 0.6 is 0 Å². The third kappa shape index (κ3) is 6.26. The predicted molar refractivity (Wildman–Crippen MR) is 82.2 cm³/mol. The summed E-state index contributed by atoms with van der Waals surface area (Å²) in [5.74, 6) is 0.224. The molecule has 0 unspecified atom stereocenters. The first-order chi connectivity index (χ1) is 9.29. The van der Waals surface area contributed by atoms with Gasteiger partial charge in [-0.3, -0.25) is 4.79 Å². The molecule has 2 heteroatoms. The van der Waals surface area contributed by atoms with E-state index in [4.69, 9.17) is 0 Å². The standard InChI is InChI=1S/C17H31NO/c1-3-5-11-15-12-9-7-8-10-14-18-17(19)16(15)13-6-4-2/h3-14H2,1-2H3,(H,18,19)/b16-15-. The molecule has 0 spiro atoms. The van der Waals surface area contributed by atoms with Crippen LogP contribution in [0.4, 0.5) is 0 Å². The van der Waals surface area contributed by atoms with Crippen molar-refractivity contribution in [1.82, 2.24) is 5.32 Å². The maximum absolute atomic E-state index is 12.3. The molecule has 0 aromatic carbocycles. The predicted octanol–water partition coefficient (Wildman–Crippen LogP) is 4.74. The molecule has 0 aliphatic carbocycles. The van der Waals surface area contributed by atoms with Crippen molar-refractivity contribution in [2.45, 2.75) is 84.5 Å². The normalized spacial score (nSPS) is 22.1. The second-order valence-electron chi connectivity index (χ2n) is 5.71. The highest BCUT2D eigenvalue weighted by Crippen LogP contribution is 2.24. The minimum atomic E-state index is 0.224. The van der Waals surface area contributed by atoms with Crippen LogP contribution in [0, 0.1) is 0 Å². The Kier molecular flexibility index (Phi) is 8.61. The molecular formula is C17H31NO. The maximum Gasteiger partial charge on any atom is 0.247 e. The molecule has 0 aromatic heterocycles. The van der Waals surface area contributed by atoms with Crippen molar-refractivity contribution in [3.8, 4) is 0 Å². The Morgan fingerprint density at radius 1 is 0.947 bits per heavy atom. The van der Waals surface area contributed by atoms with Crippen molar-refractivity contribution >= 4 is 5.91 Å². The number of hydrogen-bond donors (Lipinski definition) is 1. The van der Waals surface area contributed by atoms with Gasteiger partial charge in [-0.25, -0.2) is 0 Å². The molecule has 1 amide bonds. The minimum Gasteiger partial charge on any atom is -0.352 e. The van der Waals surface area contributed by atoms with E-state index in [0.717, 1.165) is 50.6 Å². The Morgan fingerprint density at radius 3 is 2.37 bits per heavy atom. The summed E-state index contributed by atoms with van der Waals surface area (Å²) in [5, 5.41) is 3.12. The molecule has 0 fully saturated rings. The Morgan fingerprint density at radius 2 is 1.63 bits per heavy atom. The summed E-state index contributed by atoms with van der Waals surface area (Å²) in [5.41, 5.74) is 2.58. The average Bonchev–Trinajstić information content (AvgIpc) is 2.42. The van der Waals surface area contributed by atoms with Gasteiger partial charge in [0.05, 0.1) is 0 Å². The van der Waals surface area contributed by atoms with E-state index in [2.05, 4.69) is 19.2 Å². The number of allylic oxidation sites excluding steroid dienone is 1. The summed E-state index contributed by atoms with van der Waals surface area (Å²) in [6.07, 6.45) is 13.0. The van der Waals surface area contributed by atoms with Crippen LogP contribution in [0.5, 0.6) is 0 Å². The summed E-state index contributed by atoms with van der Waals surface area (Å²) >= 11 is 0. The topological polar surface area (TPSA) is 29.1 Å². The van der Waals surface area contributed by atoms with Crippen LogP contribution < -0.4 is 5.32 Å². The van der Waals surface area contributed by atoms with Crippen LogP contribution in [-0.2, 0) is 4.79 Å². The number of hydrogen-bond acceptors (Lipinski definition) is 1. The molecule has 0 aromatic rings. The van der Waals surface area contributed by atoms with Gasteiger partial charge < -0.3 is 5.32 Å². The molecular weight excluding hydrogens is 234 g/mol. The van der Waals surface area contributed by atoms with Crippen LogP contribution in [0.1, 0.15) is 84.5 Å². The van der Waals surface area contributed by atoms with E-state index in [1.54, 1.807) is 0 Å². The molecule has 0 saturated heterocycles. The lowest BCUT2D eigenvalue weighted by Gasteiger charge is -2.17. The number of carbonyl (C=O) groups excluding carboxylic acids is 1. The first-order valence-corrected chi connectivity index (χ1v) is 8.28. The quantitative estimate of drug-likeness (QED) is 0.738. The van der Waals surface area contributed by atoms with Crippen molar-refractivity contribution in [2.24, 2.45) is 0 Å². The lowest BCUT2D eigenvalue weighted by Crippen LogP contribution is -2.27. The molecule has 1 rings (SSSR count). The highest BCUT2D eigenvalue weighted by atomic mass is 16.1. The number of carbonyl (C=O) groups is 1. The highest BCUT2D eigenvalue weighted by molar-refractivity contribution is 5.94. The van der Waals surface area contributed by atoms with Gasteiger partial charge in [-0.2, -0.15) is 0 Å². The molecule has 0 bridgehead atoms. The fraction of sp³-hybridized carbons (Fsp3) is 0.824. The van der Waals surface area contributed by atoms with Crippen molar-refractivity contribution in [3.63, 3.8) is 0 Å². The van der Waals surface area contributed by atoms with E-state index in [1.165, 1.54) is 37.7 Å². The number of nitrogens with one attached hydrogen (secondary N) is 1. The van der Waals surface area contributed by atoms with E-state index in [1.807, 2.05) is 0 Å². The maximum atomic E-state index is 12.3. The van der Waals surface area contributed by atoms with Gasteiger partial charge in [0.1, 0.15) is 0 Å². The fourth-order valence-electron chi connectivity index (χ4n) is 2.75. The van der Waals surface area contributed by atoms with Crippen molar-refractivity contribution in [2.75, 3.05) is 6.54 Å². The van der Waals surface area contributed by atoms with Gasteiger partial charge >= 0.3 is 0 Å². The van der Waals surface area contributed by atoms with Gasteiger partial charge in [0.2, 0.25) is 5.91 Å². The van der Waals surface area contributed by atoms with Gasteiger partial charge in [0.25, 0.3) is 0 Å². The average molecular weight is 265 g/mol. The second kappa shape index (κ2) is 10.1. The van der Waals surface area contributed by atoms with Crippen molar-refractivity contribution in [1.29, 1.82) is 0 Å². The Bertz CT molecular complexity index is 294. The zero-order chi connectivity index (χ0) is 13.9. The Labute approximate surface area is 119 Å². The first-order valence-electron chi connectivity index (χ1n) is 8.28. The van der Waals surface area contributed by atoms with Crippen LogP contribution in [-0.4, -0.2) is 12.5 Å². The summed E-state index contributed by atoms with van der Waals surface area (Å²) in [7, 11) is 0. The third-order valence-electron chi connectivity index (χ3n) is 4.00. The number of amides is 1. The SMILES string of the molecule is CCCC/C1=C(\CCCC)C(=O)NCCCCCC1. The lowest BCUT2D eigenvalue weighted by atomic mass is 9.92. The molecule has 2 nitrogen and oxygen atoms in total. The second-order valence-corrected chi connectivity index (χ2v) is 5.71. The van der Waals surface area contributed by atoms with E-state index in [-0.39, 0.29) is 5.91 Å². The van der Waals surface area contributed by atoms with E-state index < -0.39 is 0 Å². The monoisotopic (exact) mass is 265 g/mol. The van der Waals surface area contributed by atoms with Crippen LogP contribution in [0.2, 0.25) is 0 Å². The summed E-state index contributed by atoms with van der Waals surface area (Å²) in [4.78, 5) is 12.3. The zero-order valence-corrected chi connectivity index (χ0v) is 12.9. The van der Waals surface area contributed by atoms with Crippen molar-refractivity contribution in [3.05, 3.63) is 11.1 Å². The lowest BCUT2D eigenvalue weighted by molar-refractivity contribution is -0.117. The summed E-state index contributed by atoms with van der Waals surface area (Å²) in [6.45, 7) is 5.28. The zero-order valence-electron chi connectivity index (χ0n) is 12.9. The first kappa shape index (κ1) is 16.3. The van der Waals surface area contributed by atoms with Gasteiger partial charge in [0, 0.05) is 12.1 Å². The molecule has 19 heavy (non-hydrogen) atoms. The fourth-order valence-corrected chi connectivity index (χ4v) is 2.75. The molecule has 1 N–H and O–H groups in total. The molecule has 1 heterocycles. The van der Waals surface area contributed by atoms with Crippen molar-refractivity contribution < 1.29 is 4.79 Å². The number of rotatable bonds is 6. The van der Waals surface area contributed by atoms with Gasteiger partial charge in [-0.1, -0.05) is 45.1 Å². The van der Waals surface area contributed by atoms with Gasteiger partial charge in [-0.15, -0.1) is 0 Å². The minimum absolute atomic E-state index is 0.224. The van der Waals surface area contributed by atoms with E-state index in [9.17, 15) is 4.79 Å². The van der Waals surface area contributed by atoms with Crippen LogP contribution in [0.15, 0.2) is 11.1 Å². The third-order valence-corrected chi connectivity index (χ3v) is 4.00. The highest BCUT2D eigenvalue weighted by Gasteiger charge is 2.15. The smallest absolute Gasteiger partial charge is 0.247 e. The Hall–Kier alpha value is -0.790. The molecule has 1 aliphatic heterocycles. The molecule has 0 radical (unpaired) electrons.